The van der Waals surface area contributed by atoms with Crippen LogP contribution in [-0.4, -0.2) is 30.9 Å². The third kappa shape index (κ3) is 4.47. The number of ether oxygens (including phenoxy) is 1. The zero-order valence-corrected chi connectivity index (χ0v) is 16.9. The van der Waals surface area contributed by atoms with E-state index in [-0.39, 0.29) is 17.4 Å². The lowest BCUT2D eigenvalue weighted by Gasteiger charge is -2.14. The normalized spacial score (nSPS) is 12.8. The first-order valence-electron chi connectivity index (χ1n) is 10.1. The fraction of sp³-hybridized carbons (Fsp3) is 0.348. The predicted molar refractivity (Wildman–Crippen MR) is 112 cm³/mol. The van der Waals surface area contributed by atoms with Crippen molar-refractivity contribution < 1.29 is 19.1 Å². The van der Waals surface area contributed by atoms with E-state index in [1.807, 2.05) is 6.92 Å². The molecule has 3 amide bonds. The van der Waals surface area contributed by atoms with Gasteiger partial charge in [0.25, 0.3) is 17.7 Å². The summed E-state index contributed by atoms with van der Waals surface area (Å²) in [7, 11) is 0. The number of fused-ring (bicyclic) bond motifs is 1. The summed E-state index contributed by atoms with van der Waals surface area (Å²) in [6, 6.07) is 11.4. The molecule has 0 saturated heterocycles. The number of hydrogen-bond acceptors (Lipinski definition) is 4. The third-order valence-corrected chi connectivity index (χ3v) is 4.87. The molecule has 2 aromatic rings. The van der Waals surface area contributed by atoms with Crippen LogP contribution in [-0.2, 0) is 0 Å². The minimum atomic E-state index is -0.424. The molecule has 0 aromatic heterocycles. The van der Waals surface area contributed by atoms with Gasteiger partial charge in [-0.3, -0.25) is 14.4 Å². The molecule has 0 atom stereocenters. The lowest BCUT2D eigenvalue weighted by molar-refractivity contribution is 0.0923. The molecule has 0 radical (unpaired) electrons. The van der Waals surface area contributed by atoms with Crippen molar-refractivity contribution in [2.75, 3.05) is 18.1 Å². The summed E-state index contributed by atoms with van der Waals surface area (Å²) in [6.45, 7) is 5.16. The molecule has 2 aromatic carbocycles. The molecule has 1 aliphatic rings. The molecule has 0 saturated carbocycles. The first-order valence-corrected chi connectivity index (χ1v) is 10.1. The van der Waals surface area contributed by atoms with Crippen molar-refractivity contribution in [1.82, 2.24) is 5.32 Å². The Balaban J connectivity index is 1.73. The van der Waals surface area contributed by atoms with E-state index in [9.17, 15) is 14.4 Å². The topological polar surface area (TPSA) is 75.7 Å². The Hall–Kier alpha value is -3.15. The molecule has 3 rings (SSSR count). The highest BCUT2D eigenvalue weighted by atomic mass is 16.5. The van der Waals surface area contributed by atoms with Crippen LogP contribution in [0, 0.1) is 0 Å². The van der Waals surface area contributed by atoms with E-state index < -0.39 is 5.91 Å². The summed E-state index contributed by atoms with van der Waals surface area (Å²) in [5.41, 5.74) is 1.42. The average Bonchev–Trinajstić information content (AvgIpc) is 2.98. The summed E-state index contributed by atoms with van der Waals surface area (Å²) in [5, 5.41) is 2.87. The van der Waals surface area contributed by atoms with Crippen molar-refractivity contribution in [3.63, 3.8) is 0 Å². The number of amides is 3. The van der Waals surface area contributed by atoms with E-state index in [4.69, 9.17) is 4.74 Å². The van der Waals surface area contributed by atoms with Crippen molar-refractivity contribution in [1.29, 1.82) is 0 Å². The molecule has 152 valence electrons. The fourth-order valence-electron chi connectivity index (χ4n) is 3.33. The van der Waals surface area contributed by atoms with E-state index in [2.05, 4.69) is 12.2 Å². The van der Waals surface area contributed by atoms with E-state index in [1.54, 1.807) is 36.4 Å². The Kier molecular flexibility index (Phi) is 6.65. The molecule has 1 N–H and O–H groups in total. The summed E-state index contributed by atoms with van der Waals surface area (Å²) >= 11 is 0. The molecular formula is C23H26N2O4. The highest BCUT2D eigenvalue weighted by Crippen LogP contribution is 2.30. The Morgan fingerprint density at radius 1 is 0.931 bits per heavy atom. The summed E-state index contributed by atoms with van der Waals surface area (Å²) in [5.74, 6) is -0.373. The summed E-state index contributed by atoms with van der Waals surface area (Å²) in [6.07, 6.45) is 4.28. The molecule has 6 heteroatoms. The first kappa shape index (κ1) is 20.6. The van der Waals surface area contributed by atoms with Gasteiger partial charge in [0, 0.05) is 12.1 Å². The Morgan fingerprint density at radius 2 is 1.66 bits per heavy atom. The van der Waals surface area contributed by atoms with Gasteiger partial charge in [-0.15, -0.1) is 0 Å². The minimum Gasteiger partial charge on any atom is -0.494 e. The monoisotopic (exact) mass is 394 g/mol. The van der Waals surface area contributed by atoms with Gasteiger partial charge in [-0.1, -0.05) is 26.2 Å². The molecule has 0 fully saturated rings. The van der Waals surface area contributed by atoms with Gasteiger partial charge in [0.05, 0.1) is 23.4 Å². The van der Waals surface area contributed by atoms with Gasteiger partial charge in [-0.25, -0.2) is 4.90 Å². The maximum absolute atomic E-state index is 12.9. The van der Waals surface area contributed by atoms with Crippen LogP contribution in [0.1, 0.15) is 70.6 Å². The summed E-state index contributed by atoms with van der Waals surface area (Å²) < 4.78 is 5.40. The van der Waals surface area contributed by atoms with Gasteiger partial charge in [0.1, 0.15) is 5.75 Å². The molecule has 0 unspecified atom stereocenters. The minimum absolute atomic E-state index is 0.232. The number of nitrogens with zero attached hydrogens (tertiary/aromatic N) is 1. The van der Waals surface area contributed by atoms with Crippen LogP contribution in [0.5, 0.6) is 5.75 Å². The number of hydrogen-bond donors (Lipinski definition) is 1. The van der Waals surface area contributed by atoms with Crippen molar-refractivity contribution >= 4 is 23.4 Å². The van der Waals surface area contributed by atoms with E-state index >= 15 is 0 Å². The molecule has 0 bridgehead atoms. The van der Waals surface area contributed by atoms with E-state index in [1.165, 1.54) is 6.07 Å². The number of carbonyl (C=O) groups excluding carboxylic acids is 3. The second-order valence-electron chi connectivity index (χ2n) is 6.95. The van der Waals surface area contributed by atoms with Crippen LogP contribution in [0.15, 0.2) is 42.5 Å². The number of imide groups is 1. The van der Waals surface area contributed by atoms with Gasteiger partial charge in [0.2, 0.25) is 0 Å². The zero-order chi connectivity index (χ0) is 20.8. The van der Waals surface area contributed by atoms with Gasteiger partial charge in [-0.05, 0) is 55.8 Å². The number of rotatable bonds is 9. The average molecular weight is 394 g/mol. The van der Waals surface area contributed by atoms with Crippen molar-refractivity contribution in [3.05, 3.63) is 59.2 Å². The van der Waals surface area contributed by atoms with Gasteiger partial charge in [-0.2, -0.15) is 0 Å². The van der Waals surface area contributed by atoms with E-state index in [0.29, 0.717) is 35.7 Å². The smallest absolute Gasteiger partial charge is 0.266 e. The van der Waals surface area contributed by atoms with Crippen molar-refractivity contribution in [2.45, 2.75) is 39.5 Å². The first-order chi connectivity index (χ1) is 14.1. The van der Waals surface area contributed by atoms with Crippen LogP contribution in [0.2, 0.25) is 0 Å². The highest BCUT2D eigenvalue weighted by Gasteiger charge is 2.37. The molecule has 1 heterocycles. The maximum atomic E-state index is 12.9. The SMILES string of the molecule is CCCCCCNC(=O)c1ccc2c(c1)C(=O)N(c1ccc(OCC)cc1)C2=O. The van der Waals surface area contributed by atoms with Crippen LogP contribution >= 0.6 is 0 Å². The van der Waals surface area contributed by atoms with Gasteiger partial charge >= 0.3 is 0 Å². The number of nitrogens with one attached hydrogen (secondary N) is 1. The highest BCUT2D eigenvalue weighted by molar-refractivity contribution is 6.34. The number of benzene rings is 2. The maximum Gasteiger partial charge on any atom is 0.266 e. The molecule has 29 heavy (non-hydrogen) atoms. The molecule has 6 nitrogen and oxygen atoms in total. The standard InChI is InChI=1S/C23H26N2O4/c1-3-5-6-7-14-24-21(26)16-8-13-19-20(15-16)23(28)25(22(19)27)17-9-11-18(12-10-17)29-4-2/h8-13,15H,3-7,14H2,1-2H3,(H,24,26). The van der Waals surface area contributed by atoms with Crippen LogP contribution < -0.4 is 15.0 Å². The second-order valence-corrected chi connectivity index (χ2v) is 6.95. The van der Waals surface area contributed by atoms with E-state index in [0.717, 1.165) is 30.6 Å². The fourth-order valence-corrected chi connectivity index (χ4v) is 3.33. The van der Waals surface area contributed by atoms with Crippen LogP contribution in [0.4, 0.5) is 5.69 Å². The molecular weight excluding hydrogens is 368 g/mol. The lowest BCUT2D eigenvalue weighted by Crippen LogP contribution is -2.29. The Morgan fingerprint density at radius 3 is 2.34 bits per heavy atom. The Labute approximate surface area is 170 Å². The zero-order valence-electron chi connectivity index (χ0n) is 16.9. The quantitative estimate of drug-likeness (QED) is 0.511. The number of unbranched alkanes of at least 4 members (excludes halogenated alkanes) is 3. The van der Waals surface area contributed by atoms with Crippen molar-refractivity contribution in [2.24, 2.45) is 0 Å². The third-order valence-electron chi connectivity index (χ3n) is 4.87. The van der Waals surface area contributed by atoms with Crippen LogP contribution in [0.25, 0.3) is 0 Å². The Bertz CT molecular complexity index is 906. The van der Waals surface area contributed by atoms with Gasteiger partial charge in [0.15, 0.2) is 0 Å². The van der Waals surface area contributed by atoms with Crippen LogP contribution in [0.3, 0.4) is 0 Å². The molecule has 0 aliphatic carbocycles. The lowest BCUT2D eigenvalue weighted by atomic mass is 10.1. The summed E-state index contributed by atoms with van der Waals surface area (Å²) in [4.78, 5) is 39.1. The molecule has 0 spiro atoms. The largest absolute Gasteiger partial charge is 0.494 e. The molecule has 1 aliphatic heterocycles. The number of carbonyl (C=O) groups is 3. The van der Waals surface area contributed by atoms with Crippen molar-refractivity contribution in [3.8, 4) is 5.75 Å². The second kappa shape index (κ2) is 9.37. The predicted octanol–water partition coefficient (Wildman–Crippen LogP) is 4.20. The number of anilines is 1. The van der Waals surface area contributed by atoms with Gasteiger partial charge < -0.3 is 10.1 Å².